The van der Waals surface area contributed by atoms with Gasteiger partial charge in [-0.3, -0.25) is 4.79 Å². The molecular weight excluding hydrogens is 258 g/mol. The Kier molecular flexibility index (Phi) is 5.77. The molecule has 1 atom stereocenters. The van der Waals surface area contributed by atoms with E-state index >= 15 is 0 Å². The smallest absolute Gasteiger partial charge is 0.251 e. The minimum atomic E-state index is -0.0180. The molecule has 21 heavy (non-hydrogen) atoms. The highest BCUT2D eigenvalue weighted by Gasteiger charge is 2.12. The van der Waals surface area contributed by atoms with Crippen molar-refractivity contribution in [2.24, 2.45) is 0 Å². The number of hydrogen-bond acceptors (Lipinski definition) is 1. The van der Waals surface area contributed by atoms with Gasteiger partial charge in [0.25, 0.3) is 5.91 Å². The Labute approximate surface area is 126 Å². The maximum atomic E-state index is 12.2. The number of hydrogen-bond donors (Lipinski definition) is 1. The molecule has 108 valence electrons. The minimum Gasteiger partial charge on any atom is -0.349 e. The van der Waals surface area contributed by atoms with Gasteiger partial charge >= 0.3 is 0 Å². The van der Waals surface area contributed by atoms with Crippen molar-refractivity contribution in [1.82, 2.24) is 5.32 Å². The van der Waals surface area contributed by atoms with Crippen molar-refractivity contribution in [2.45, 2.75) is 25.3 Å². The van der Waals surface area contributed by atoms with Crippen LogP contribution in [0.5, 0.6) is 0 Å². The summed E-state index contributed by atoms with van der Waals surface area (Å²) in [6, 6.07) is 19.8. The zero-order valence-corrected chi connectivity index (χ0v) is 12.2. The summed E-state index contributed by atoms with van der Waals surface area (Å²) in [5, 5.41) is 3.09. The summed E-state index contributed by atoms with van der Waals surface area (Å²) in [5.74, 6) is -0.0180. The highest BCUT2D eigenvalue weighted by atomic mass is 16.1. The molecule has 0 spiro atoms. The highest BCUT2D eigenvalue weighted by molar-refractivity contribution is 5.94. The van der Waals surface area contributed by atoms with Crippen molar-refractivity contribution in [3.63, 3.8) is 0 Å². The fourth-order valence-electron chi connectivity index (χ4n) is 2.29. The van der Waals surface area contributed by atoms with Crippen LogP contribution in [0, 0.1) is 0 Å². The number of carbonyl (C=O) groups excluding carboxylic acids is 1. The third kappa shape index (κ3) is 4.92. The van der Waals surface area contributed by atoms with Crippen LogP contribution < -0.4 is 5.32 Å². The van der Waals surface area contributed by atoms with Gasteiger partial charge < -0.3 is 5.32 Å². The Morgan fingerprint density at radius 1 is 1.05 bits per heavy atom. The molecule has 0 heterocycles. The molecule has 2 heteroatoms. The van der Waals surface area contributed by atoms with Crippen LogP contribution >= 0.6 is 0 Å². The van der Waals surface area contributed by atoms with Crippen molar-refractivity contribution in [3.05, 3.63) is 84.4 Å². The van der Waals surface area contributed by atoms with Crippen LogP contribution in [0.1, 0.15) is 28.8 Å². The molecule has 2 rings (SSSR count). The van der Waals surface area contributed by atoms with Gasteiger partial charge in [0, 0.05) is 11.6 Å². The summed E-state index contributed by atoms with van der Waals surface area (Å²) >= 11 is 0. The molecule has 0 fully saturated rings. The topological polar surface area (TPSA) is 29.1 Å². The van der Waals surface area contributed by atoms with E-state index in [9.17, 15) is 4.79 Å². The second kappa shape index (κ2) is 8.05. The summed E-state index contributed by atoms with van der Waals surface area (Å²) in [6.45, 7) is 3.78. The number of carbonyl (C=O) groups is 1. The molecular formula is C19H21NO. The molecule has 1 amide bonds. The van der Waals surface area contributed by atoms with Gasteiger partial charge in [-0.1, -0.05) is 54.6 Å². The first kappa shape index (κ1) is 15.0. The molecule has 2 aromatic carbocycles. The lowest BCUT2D eigenvalue weighted by Crippen LogP contribution is -2.34. The van der Waals surface area contributed by atoms with E-state index in [4.69, 9.17) is 0 Å². The van der Waals surface area contributed by atoms with Gasteiger partial charge in [-0.2, -0.15) is 0 Å². The SMILES string of the molecule is C=CC[C@H](CCc1ccccc1)NC(=O)c1ccccc1. The van der Waals surface area contributed by atoms with Gasteiger partial charge in [0.15, 0.2) is 0 Å². The van der Waals surface area contributed by atoms with Crippen molar-refractivity contribution in [2.75, 3.05) is 0 Å². The number of rotatable bonds is 7. The van der Waals surface area contributed by atoms with Crippen LogP contribution in [0.15, 0.2) is 73.3 Å². The van der Waals surface area contributed by atoms with Gasteiger partial charge in [-0.05, 0) is 37.0 Å². The van der Waals surface area contributed by atoms with Crippen molar-refractivity contribution in [1.29, 1.82) is 0 Å². The quantitative estimate of drug-likeness (QED) is 0.763. The van der Waals surface area contributed by atoms with Gasteiger partial charge in [-0.25, -0.2) is 0 Å². The molecule has 0 aliphatic heterocycles. The zero-order chi connectivity index (χ0) is 14.9. The summed E-state index contributed by atoms with van der Waals surface area (Å²) in [7, 11) is 0. The Hall–Kier alpha value is -2.35. The first-order valence-electron chi connectivity index (χ1n) is 7.30. The van der Waals surface area contributed by atoms with Crippen LogP contribution in [0.2, 0.25) is 0 Å². The fourth-order valence-corrected chi connectivity index (χ4v) is 2.29. The number of aryl methyl sites for hydroxylation is 1. The van der Waals surface area contributed by atoms with E-state index in [0.29, 0.717) is 5.56 Å². The first-order chi connectivity index (χ1) is 10.3. The van der Waals surface area contributed by atoms with E-state index < -0.39 is 0 Å². The monoisotopic (exact) mass is 279 g/mol. The number of nitrogens with one attached hydrogen (secondary N) is 1. The Morgan fingerprint density at radius 2 is 1.67 bits per heavy atom. The lowest BCUT2D eigenvalue weighted by atomic mass is 10.0. The first-order valence-corrected chi connectivity index (χ1v) is 7.30. The summed E-state index contributed by atoms with van der Waals surface area (Å²) in [6.07, 6.45) is 4.51. The Balaban J connectivity index is 1.92. The van der Waals surface area contributed by atoms with Crippen LogP contribution in [-0.2, 0) is 6.42 Å². The predicted molar refractivity (Wildman–Crippen MR) is 87.3 cm³/mol. The third-order valence-corrected chi connectivity index (χ3v) is 3.45. The van der Waals surface area contributed by atoms with Crippen LogP contribution in [-0.4, -0.2) is 11.9 Å². The molecule has 0 saturated carbocycles. The molecule has 0 radical (unpaired) electrons. The summed E-state index contributed by atoms with van der Waals surface area (Å²) in [4.78, 5) is 12.2. The second-order valence-corrected chi connectivity index (χ2v) is 5.09. The van der Waals surface area contributed by atoms with Gasteiger partial charge in [-0.15, -0.1) is 6.58 Å². The van der Waals surface area contributed by atoms with E-state index in [2.05, 4.69) is 24.0 Å². The molecule has 0 saturated heterocycles. The molecule has 0 aliphatic carbocycles. The largest absolute Gasteiger partial charge is 0.349 e. The van der Waals surface area contributed by atoms with E-state index in [1.807, 2.05) is 54.6 Å². The van der Waals surface area contributed by atoms with Gasteiger partial charge in [0.1, 0.15) is 0 Å². The van der Waals surface area contributed by atoms with Crippen molar-refractivity contribution >= 4 is 5.91 Å². The average molecular weight is 279 g/mol. The Morgan fingerprint density at radius 3 is 2.29 bits per heavy atom. The number of amides is 1. The summed E-state index contributed by atoms with van der Waals surface area (Å²) in [5.41, 5.74) is 1.99. The number of benzene rings is 2. The van der Waals surface area contributed by atoms with Crippen molar-refractivity contribution in [3.8, 4) is 0 Å². The van der Waals surface area contributed by atoms with E-state index in [0.717, 1.165) is 19.3 Å². The van der Waals surface area contributed by atoms with Gasteiger partial charge in [0.05, 0.1) is 0 Å². The zero-order valence-electron chi connectivity index (χ0n) is 12.2. The standard InChI is InChI=1S/C19H21NO/c1-2-9-18(15-14-16-10-5-3-6-11-16)20-19(21)17-12-7-4-8-13-17/h2-8,10-13,18H,1,9,14-15H2,(H,20,21)/t18-/m1/s1. The van der Waals surface area contributed by atoms with E-state index in [1.165, 1.54) is 5.56 Å². The molecule has 2 aromatic rings. The molecule has 1 N–H and O–H groups in total. The maximum Gasteiger partial charge on any atom is 0.251 e. The molecule has 0 bridgehead atoms. The predicted octanol–water partition coefficient (Wildman–Crippen LogP) is 3.99. The molecule has 0 unspecified atom stereocenters. The van der Waals surface area contributed by atoms with Crippen molar-refractivity contribution < 1.29 is 4.79 Å². The van der Waals surface area contributed by atoms with Crippen LogP contribution in [0.25, 0.3) is 0 Å². The van der Waals surface area contributed by atoms with E-state index in [1.54, 1.807) is 0 Å². The Bertz CT molecular complexity index is 563. The highest BCUT2D eigenvalue weighted by Crippen LogP contribution is 2.09. The van der Waals surface area contributed by atoms with E-state index in [-0.39, 0.29) is 11.9 Å². The average Bonchev–Trinajstić information content (AvgIpc) is 2.54. The van der Waals surface area contributed by atoms with Gasteiger partial charge in [0.2, 0.25) is 0 Å². The summed E-state index contributed by atoms with van der Waals surface area (Å²) < 4.78 is 0. The lowest BCUT2D eigenvalue weighted by Gasteiger charge is -2.17. The second-order valence-electron chi connectivity index (χ2n) is 5.09. The fraction of sp³-hybridized carbons (Fsp3) is 0.211. The minimum absolute atomic E-state index is 0.0180. The molecule has 0 aliphatic rings. The van der Waals surface area contributed by atoms with Crippen LogP contribution in [0.3, 0.4) is 0 Å². The lowest BCUT2D eigenvalue weighted by molar-refractivity contribution is 0.0935. The van der Waals surface area contributed by atoms with Crippen LogP contribution in [0.4, 0.5) is 0 Å². The molecule has 2 nitrogen and oxygen atoms in total. The third-order valence-electron chi connectivity index (χ3n) is 3.45. The maximum absolute atomic E-state index is 12.2. The molecule has 0 aromatic heterocycles. The normalized spacial score (nSPS) is 11.6.